The lowest BCUT2D eigenvalue weighted by Crippen LogP contribution is -2.05. The van der Waals surface area contributed by atoms with Crippen molar-refractivity contribution in [1.29, 1.82) is 0 Å². The number of aryl methyl sites for hydroxylation is 1. The highest BCUT2D eigenvalue weighted by Crippen LogP contribution is 2.18. The van der Waals surface area contributed by atoms with E-state index in [-0.39, 0.29) is 0 Å². The van der Waals surface area contributed by atoms with E-state index < -0.39 is 0 Å². The Morgan fingerprint density at radius 3 is 2.43 bits per heavy atom. The molecule has 4 nitrogen and oxygen atoms in total. The summed E-state index contributed by atoms with van der Waals surface area (Å²) in [5.74, 6) is 1.39. The van der Waals surface area contributed by atoms with Gasteiger partial charge in [0.1, 0.15) is 5.82 Å². The van der Waals surface area contributed by atoms with Gasteiger partial charge in [-0.3, -0.25) is 0 Å². The van der Waals surface area contributed by atoms with Gasteiger partial charge in [0, 0.05) is 28.5 Å². The molecule has 2 aromatic carbocycles. The number of hydrogen-bond donors (Lipinski definition) is 2. The number of hydrogen-bond acceptors (Lipinski definition) is 4. The van der Waals surface area contributed by atoms with Gasteiger partial charge in [-0.25, -0.2) is 4.98 Å². The standard InChI is InChI=1S/C18H17BrN4/c1-13-11-17(20-12-14-5-3-2-4-6-14)23-18(21-13)22-16-9-7-15(19)8-10-16/h2-11H,12H2,1H3,(H2,20,21,22,23). The third kappa shape index (κ3) is 4.53. The minimum atomic E-state index is 0.586. The van der Waals surface area contributed by atoms with E-state index in [1.165, 1.54) is 5.56 Å². The molecule has 1 heterocycles. The Balaban J connectivity index is 1.72. The Hall–Kier alpha value is -2.40. The first-order valence-electron chi connectivity index (χ1n) is 7.35. The number of nitrogens with one attached hydrogen (secondary N) is 2. The number of rotatable bonds is 5. The second kappa shape index (κ2) is 7.24. The van der Waals surface area contributed by atoms with Gasteiger partial charge in [-0.1, -0.05) is 46.3 Å². The Kier molecular flexibility index (Phi) is 4.88. The van der Waals surface area contributed by atoms with Crippen LogP contribution in [-0.4, -0.2) is 9.97 Å². The third-order valence-electron chi connectivity index (χ3n) is 3.27. The molecule has 0 amide bonds. The molecule has 0 saturated carbocycles. The maximum absolute atomic E-state index is 4.52. The van der Waals surface area contributed by atoms with E-state index >= 15 is 0 Å². The Labute approximate surface area is 144 Å². The lowest BCUT2D eigenvalue weighted by atomic mass is 10.2. The summed E-state index contributed by atoms with van der Waals surface area (Å²) in [7, 11) is 0. The number of anilines is 3. The van der Waals surface area contributed by atoms with Crippen molar-refractivity contribution in [1.82, 2.24) is 9.97 Å². The fraction of sp³-hybridized carbons (Fsp3) is 0.111. The van der Waals surface area contributed by atoms with E-state index in [1.807, 2.05) is 55.5 Å². The largest absolute Gasteiger partial charge is 0.366 e. The molecule has 23 heavy (non-hydrogen) atoms. The summed E-state index contributed by atoms with van der Waals surface area (Å²) < 4.78 is 1.04. The summed E-state index contributed by atoms with van der Waals surface area (Å²) in [5, 5.41) is 6.57. The smallest absolute Gasteiger partial charge is 0.229 e. The van der Waals surface area contributed by atoms with Crippen LogP contribution >= 0.6 is 15.9 Å². The van der Waals surface area contributed by atoms with Crippen molar-refractivity contribution in [2.75, 3.05) is 10.6 Å². The average Bonchev–Trinajstić information content (AvgIpc) is 2.56. The van der Waals surface area contributed by atoms with Crippen LogP contribution in [0.4, 0.5) is 17.5 Å². The van der Waals surface area contributed by atoms with Gasteiger partial charge in [0.05, 0.1) is 0 Å². The molecule has 0 radical (unpaired) electrons. The highest BCUT2D eigenvalue weighted by molar-refractivity contribution is 9.10. The van der Waals surface area contributed by atoms with Crippen LogP contribution in [0.2, 0.25) is 0 Å². The van der Waals surface area contributed by atoms with Gasteiger partial charge in [0.25, 0.3) is 0 Å². The summed E-state index contributed by atoms with van der Waals surface area (Å²) in [4.78, 5) is 8.95. The molecule has 3 aromatic rings. The molecule has 5 heteroatoms. The first-order valence-corrected chi connectivity index (χ1v) is 8.14. The summed E-state index contributed by atoms with van der Waals surface area (Å²) >= 11 is 3.43. The average molecular weight is 369 g/mol. The minimum absolute atomic E-state index is 0.586. The summed E-state index contributed by atoms with van der Waals surface area (Å²) in [5.41, 5.74) is 3.08. The van der Waals surface area contributed by atoms with Gasteiger partial charge in [-0.2, -0.15) is 4.98 Å². The van der Waals surface area contributed by atoms with E-state index in [0.29, 0.717) is 5.95 Å². The predicted octanol–water partition coefficient (Wildman–Crippen LogP) is 4.90. The van der Waals surface area contributed by atoms with Crippen molar-refractivity contribution in [2.24, 2.45) is 0 Å². The molecule has 0 aliphatic rings. The van der Waals surface area contributed by atoms with Gasteiger partial charge < -0.3 is 10.6 Å². The van der Waals surface area contributed by atoms with E-state index in [2.05, 4.69) is 48.7 Å². The Bertz CT molecular complexity index is 773. The van der Waals surface area contributed by atoms with Crippen molar-refractivity contribution in [3.05, 3.63) is 76.4 Å². The number of nitrogens with zero attached hydrogens (tertiary/aromatic N) is 2. The van der Waals surface area contributed by atoms with Crippen LogP contribution in [-0.2, 0) is 6.54 Å². The highest BCUT2D eigenvalue weighted by atomic mass is 79.9. The number of aromatic nitrogens is 2. The number of halogens is 1. The number of benzene rings is 2. The zero-order valence-electron chi connectivity index (χ0n) is 12.8. The van der Waals surface area contributed by atoms with Crippen molar-refractivity contribution < 1.29 is 0 Å². The Morgan fingerprint density at radius 1 is 0.957 bits per heavy atom. The quantitative estimate of drug-likeness (QED) is 0.672. The molecule has 0 unspecified atom stereocenters. The zero-order chi connectivity index (χ0) is 16.1. The van der Waals surface area contributed by atoms with Crippen molar-refractivity contribution in [2.45, 2.75) is 13.5 Å². The van der Waals surface area contributed by atoms with Crippen LogP contribution in [0.15, 0.2) is 65.1 Å². The lowest BCUT2D eigenvalue weighted by molar-refractivity contribution is 1.06. The fourth-order valence-corrected chi connectivity index (χ4v) is 2.43. The summed E-state index contributed by atoms with van der Waals surface area (Å²) in [6.45, 7) is 2.69. The van der Waals surface area contributed by atoms with Gasteiger partial charge in [-0.05, 0) is 36.8 Å². The van der Waals surface area contributed by atoms with Crippen LogP contribution < -0.4 is 10.6 Å². The van der Waals surface area contributed by atoms with Gasteiger partial charge in [0.15, 0.2) is 0 Å². The van der Waals surface area contributed by atoms with Gasteiger partial charge >= 0.3 is 0 Å². The molecule has 3 rings (SSSR count). The maximum Gasteiger partial charge on any atom is 0.229 e. The van der Waals surface area contributed by atoms with Crippen molar-refractivity contribution >= 4 is 33.4 Å². The predicted molar refractivity (Wildman–Crippen MR) is 98.0 cm³/mol. The van der Waals surface area contributed by atoms with Crippen LogP contribution in [0.3, 0.4) is 0 Å². The zero-order valence-corrected chi connectivity index (χ0v) is 14.3. The van der Waals surface area contributed by atoms with E-state index in [1.54, 1.807) is 0 Å². The van der Waals surface area contributed by atoms with Crippen LogP contribution in [0.1, 0.15) is 11.3 Å². The molecule has 1 aromatic heterocycles. The maximum atomic E-state index is 4.52. The minimum Gasteiger partial charge on any atom is -0.366 e. The lowest BCUT2D eigenvalue weighted by Gasteiger charge is -2.10. The molecule has 0 fully saturated rings. The molecule has 2 N–H and O–H groups in total. The highest BCUT2D eigenvalue weighted by Gasteiger charge is 2.03. The molecule has 0 aliphatic carbocycles. The second-order valence-corrected chi connectivity index (χ2v) is 6.10. The molecule has 0 bridgehead atoms. The van der Waals surface area contributed by atoms with Crippen LogP contribution in [0.25, 0.3) is 0 Å². The molecular formula is C18H17BrN4. The van der Waals surface area contributed by atoms with Crippen molar-refractivity contribution in [3.8, 4) is 0 Å². The molecule has 0 atom stereocenters. The van der Waals surface area contributed by atoms with Crippen molar-refractivity contribution in [3.63, 3.8) is 0 Å². The third-order valence-corrected chi connectivity index (χ3v) is 3.80. The molecular weight excluding hydrogens is 352 g/mol. The summed E-state index contributed by atoms with van der Waals surface area (Å²) in [6.07, 6.45) is 0. The fourth-order valence-electron chi connectivity index (χ4n) is 2.17. The first-order chi connectivity index (χ1) is 11.2. The van der Waals surface area contributed by atoms with Gasteiger partial charge in [-0.15, -0.1) is 0 Å². The van der Waals surface area contributed by atoms with E-state index in [4.69, 9.17) is 0 Å². The normalized spacial score (nSPS) is 10.3. The molecule has 116 valence electrons. The monoisotopic (exact) mass is 368 g/mol. The topological polar surface area (TPSA) is 49.8 Å². The second-order valence-electron chi connectivity index (χ2n) is 5.19. The SMILES string of the molecule is Cc1cc(NCc2ccccc2)nc(Nc2ccc(Br)cc2)n1. The van der Waals surface area contributed by atoms with Gasteiger partial charge in [0.2, 0.25) is 5.95 Å². The first kappa shape index (κ1) is 15.5. The van der Waals surface area contributed by atoms with E-state index in [0.717, 1.165) is 28.2 Å². The van der Waals surface area contributed by atoms with Crippen LogP contribution in [0, 0.1) is 6.92 Å². The molecule has 0 aliphatic heterocycles. The summed E-state index contributed by atoms with van der Waals surface area (Å²) in [6, 6.07) is 20.1. The van der Waals surface area contributed by atoms with E-state index in [9.17, 15) is 0 Å². The Morgan fingerprint density at radius 2 is 1.70 bits per heavy atom. The molecule has 0 spiro atoms. The van der Waals surface area contributed by atoms with Crippen LogP contribution in [0.5, 0.6) is 0 Å². The molecule has 0 saturated heterocycles.